The fourth-order valence-electron chi connectivity index (χ4n) is 6.25. The molecule has 34 heavy (non-hydrogen) atoms. The smallest absolute Gasteiger partial charge is 0.399 e. The lowest BCUT2D eigenvalue weighted by molar-refractivity contribution is 0.00578. The topological polar surface area (TPSA) is 18.5 Å². The fraction of sp³-hybridized carbons (Fsp3) is 0.600. The Hall–Kier alpha value is -1.15. The van der Waals surface area contributed by atoms with Crippen LogP contribution in [0.5, 0.6) is 0 Å². The molecule has 5 rings (SSSR count). The van der Waals surface area contributed by atoms with Gasteiger partial charge in [-0.3, -0.25) is 0 Å². The van der Waals surface area contributed by atoms with Crippen LogP contribution < -0.4 is 10.8 Å². The van der Waals surface area contributed by atoms with Crippen LogP contribution in [0.2, 0.25) is 0 Å². The van der Waals surface area contributed by atoms with Crippen LogP contribution in [-0.4, -0.2) is 29.6 Å². The van der Waals surface area contributed by atoms with Crippen LogP contribution in [0.3, 0.4) is 0 Å². The molecular formula is C30H42BO2P. The Labute approximate surface area is 209 Å². The van der Waals surface area contributed by atoms with Crippen molar-refractivity contribution in [3.05, 3.63) is 48.5 Å². The Kier molecular flexibility index (Phi) is 7.28. The Bertz CT molecular complexity index is 941. The second-order valence-electron chi connectivity index (χ2n) is 11.7. The molecule has 0 aromatic heterocycles. The molecule has 182 valence electrons. The molecule has 3 fully saturated rings. The van der Waals surface area contributed by atoms with Crippen molar-refractivity contribution in [3.8, 4) is 11.1 Å². The highest BCUT2D eigenvalue weighted by Gasteiger charge is 2.52. The van der Waals surface area contributed by atoms with E-state index in [0.717, 1.165) is 11.3 Å². The van der Waals surface area contributed by atoms with Gasteiger partial charge in [-0.15, -0.1) is 0 Å². The minimum absolute atomic E-state index is 0.181. The highest BCUT2D eigenvalue weighted by Crippen LogP contribution is 2.56. The Morgan fingerprint density at radius 1 is 0.647 bits per heavy atom. The Morgan fingerprint density at radius 2 is 1.12 bits per heavy atom. The third-order valence-corrected chi connectivity index (χ3v) is 12.4. The van der Waals surface area contributed by atoms with Gasteiger partial charge in [-0.2, -0.15) is 0 Å². The van der Waals surface area contributed by atoms with Crippen molar-refractivity contribution in [1.29, 1.82) is 0 Å². The van der Waals surface area contributed by atoms with Crippen molar-refractivity contribution in [2.24, 2.45) is 0 Å². The molecule has 0 amide bonds. The van der Waals surface area contributed by atoms with Gasteiger partial charge in [-0.05, 0) is 86.6 Å². The van der Waals surface area contributed by atoms with E-state index in [9.17, 15) is 0 Å². The van der Waals surface area contributed by atoms with E-state index in [1.807, 2.05) is 0 Å². The fourth-order valence-corrected chi connectivity index (χ4v) is 10.2. The molecule has 2 aromatic rings. The summed E-state index contributed by atoms with van der Waals surface area (Å²) in [7, 11) is -0.509. The molecule has 0 spiro atoms. The van der Waals surface area contributed by atoms with Gasteiger partial charge in [0, 0.05) is 0 Å². The SMILES string of the molecule is CC1(C)OB(c2ccccc2-c2ccccc2P(C2CCCCC2)C2CCCCC2)OC1(C)C. The molecule has 2 nitrogen and oxygen atoms in total. The van der Waals surface area contributed by atoms with Crippen molar-refractivity contribution in [2.45, 2.75) is 114 Å². The summed E-state index contributed by atoms with van der Waals surface area (Å²) in [6.45, 7) is 8.59. The standard InChI is InChI=1S/C30H42BO2P/c1-29(2)30(3,4)33-31(32-29)27-21-13-11-19-25(27)26-20-12-14-22-28(26)34(23-15-7-5-8-16-23)24-17-9-6-10-18-24/h11-14,19-24H,5-10,15-18H2,1-4H3. The molecule has 1 heterocycles. The lowest BCUT2D eigenvalue weighted by Crippen LogP contribution is -2.41. The average Bonchev–Trinajstić information content (AvgIpc) is 3.07. The zero-order valence-electron chi connectivity index (χ0n) is 21.7. The third-order valence-electron chi connectivity index (χ3n) is 8.88. The van der Waals surface area contributed by atoms with E-state index in [2.05, 4.69) is 76.2 Å². The van der Waals surface area contributed by atoms with E-state index in [4.69, 9.17) is 9.31 Å². The molecule has 1 saturated heterocycles. The molecule has 0 N–H and O–H groups in total. The minimum Gasteiger partial charge on any atom is -0.399 e. The van der Waals surface area contributed by atoms with Gasteiger partial charge in [0.1, 0.15) is 0 Å². The summed E-state index contributed by atoms with van der Waals surface area (Å²) < 4.78 is 13.1. The van der Waals surface area contributed by atoms with E-state index in [-0.39, 0.29) is 26.2 Å². The molecule has 0 atom stereocenters. The molecule has 2 aliphatic carbocycles. The van der Waals surface area contributed by atoms with Gasteiger partial charge in [-0.25, -0.2) is 0 Å². The lowest BCUT2D eigenvalue weighted by Gasteiger charge is -2.39. The van der Waals surface area contributed by atoms with E-state index in [0.29, 0.717) is 0 Å². The predicted molar refractivity (Wildman–Crippen MR) is 148 cm³/mol. The number of rotatable bonds is 5. The minimum atomic E-state index is -0.332. The second kappa shape index (κ2) is 10.1. The molecule has 4 heteroatoms. The maximum Gasteiger partial charge on any atom is 0.495 e. The van der Waals surface area contributed by atoms with Gasteiger partial charge < -0.3 is 9.31 Å². The van der Waals surface area contributed by atoms with E-state index < -0.39 is 0 Å². The number of hydrogen-bond donors (Lipinski definition) is 0. The Balaban J connectivity index is 1.57. The first-order chi connectivity index (χ1) is 16.4. The van der Waals surface area contributed by atoms with Crippen molar-refractivity contribution in [3.63, 3.8) is 0 Å². The van der Waals surface area contributed by atoms with Crippen molar-refractivity contribution in [2.75, 3.05) is 0 Å². The molecular weight excluding hydrogens is 434 g/mol. The highest BCUT2D eigenvalue weighted by molar-refractivity contribution is 7.67. The average molecular weight is 476 g/mol. The van der Waals surface area contributed by atoms with Crippen LogP contribution in [0.1, 0.15) is 91.9 Å². The zero-order chi connectivity index (χ0) is 23.8. The van der Waals surface area contributed by atoms with Crippen LogP contribution in [0.25, 0.3) is 11.1 Å². The largest absolute Gasteiger partial charge is 0.495 e. The van der Waals surface area contributed by atoms with Crippen molar-refractivity contribution >= 4 is 25.8 Å². The zero-order valence-corrected chi connectivity index (χ0v) is 22.6. The van der Waals surface area contributed by atoms with Crippen molar-refractivity contribution in [1.82, 2.24) is 0 Å². The first kappa shape index (κ1) is 24.5. The van der Waals surface area contributed by atoms with Gasteiger partial charge in [-0.1, -0.05) is 95.0 Å². The van der Waals surface area contributed by atoms with E-state index in [1.165, 1.54) is 80.8 Å². The molecule has 3 aliphatic rings. The van der Waals surface area contributed by atoms with Crippen LogP contribution in [0, 0.1) is 0 Å². The van der Waals surface area contributed by atoms with Crippen LogP contribution in [-0.2, 0) is 9.31 Å². The summed E-state index contributed by atoms with van der Waals surface area (Å²) in [5, 5.41) is 1.64. The van der Waals surface area contributed by atoms with Crippen LogP contribution in [0.15, 0.2) is 48.5 Å². The van der Waals surface area contributed by atoms with Crippen LogP contribution in [0.4, 0.5) is 0 Å². The van der Waals surface area contributed by atoms with Gasteiger partial charge in [0.25, 0.3) is 0 Å². The summed E-state index contributed by atoms with van der Waals surface area (Å²) in [5.74, 6) is 0. The molecule has 2 saturated carbocycles. The first-order valence-corrected chi connectivity index (χ1v) is 15.2. The summed E-state index contributed by atoms with van der Waals surface area (Å²) in [5.41, 5.74) is 5.01. The molecule has 0 radical (unpaired) electrons. The number of hydrogen-bond acceptors (Lipinski definition) is 2. The summed E-state index contributed by atoms with van der Waals surface area (Å²) in [6, 6.07) is 18.2. The normalized spacial score (nSPS) is 23.5. The quantitative estimate of drug-likeness (QED) is 0.330. The van der Waals surface area contributed by atoms with Crippen LogP contribution >= 0.6 is 7.92 Å². The second-order valence-corrected chi connectivity index (χ2v) is 14.4. The number of benzene rings is 2. The van der Waals surface area contributed by atoms with Gasteiger partial charge in [0.2, 0.25) is 0 Å². The summed E-state index contributed by atoms with van der Waals surface area (Å²) >= 11 is 0. The molecule has 2 aromatic carbocycles. The van der Waals surface area contributed by atoms with Crippen molar-refractivity contribution < 1.29 is 9.31 Å². The molecule has 0 unspecified atom stereocenters. The Morgan fingerprint density at radius 3 is 1.68 bits per heavy atom. The summed E-state index contributed by atoms with van der Waals surface area (Å²) in [6.07, 6.45) is 14.2. The van der Waals surface area contributed by atoms with E-state index >= 15 is 0 Å². The summed E-state index contributed by atoms with van der Waals surface area (Å²) in [4.78, 5) is 0. The highest BCUT2D eigenvalue weighted by atomic mass is 31.1. The molecule has 1 aliphatic heterocycles. The lowest BCUT2D eigenvalue weighted by atomic mass is 9.74. The maximum absolute atomic E-state index is 6.53. The monoisotopic (exact) mass is 476 g/mol. The third kappa shape index (κ3) is 4.78. The predicted octanol–water partition coefficient (Wildman–Crippen LogP) is 7.43. The van der Waals surface area contributed by atoms with E-state index in [1.54, 1.807) is 5.30 Å². The maximum atomic E-state index is 6.53. The molecule has 0 bridgehead atoms. The van der Waals surface area contributed by atoms with Gasteiger partial charge in [0.05, 0.1) is 11.2 Å². The van der Waals surface area contributed by atoms with Gasteiger partial charge in [0.15, 0.2) is 0 Å². The first-order valence-electron chi connectivity index (χ1n) is 13.7. The van der Waals surface area contributed by atoms with Gasteiger partial charge >= 0.3 is 7.12 Å².